The van der Waals surface area contributed by atoms with E-state index in [0.717, 1.165) is 34.6 Å². The number of nitrogens with zero attached hydrogens (tertiary/aromatic N) is 4. The number of fused-ring (bicyclic) bond motifs is 1. The van der Waals surface area contributed by atoms with Crippen molar-refractivity contribution in [3.8, 4) is 22.6 Å². The number of aryl methyl sites for hydroxylation is 3. The van der Waals surface area contributed by atoms with Crippen LogP contribution in [0.25, 0.3) is 33.5 Å². The van der Waals surface area contributed by atoms with E-state index in [9.17, 15) is 13.6 Å². The Kier molecular flexibility index (Phi) is 5.62. The molecule has 0 saturated heterocycles. The molecule has 0 spiro atoms. The summed E-state index contributed by atoms with van der Waals surface area (Å²) in [7, 11) is 1.75. The molecule has 0 aliphatic carbocycles. The molecular formula is C27H23F2N5O2. The predicted octanol–water partition coefficient (Wildman–Crippen LogP) is 6.12. The Labute approximate surface area is 205 Å². The summed E-state index contributed by atoms with van der Waals surface area (Å²) in [6.45, 7) is 4.67. The molecule has 0 unspecified atom stereocenters. The van der Waals surface area contributed by atoms with Crippen molar-refractivity contribution in [1.29, 1.82) is 0 Å². The standard InChI is InChI=1S/C27H23F2N5O2/c1-15-5-10-20(13-21(15)22-12-18-14-30-16(2)11-23(18)34(4)25(22)35)31-26-32-24(36-33-26)17-6-8-19(9-7-17)27(3,28)29/h5-14H,1-4H3,(H,31,33). The second-order valence-electron chi connectivity index (χ2n) is 8.85. The molecule has 0 aliphatic rings. The van der Waals surface area contributed by atoms with E-state index >= 15 is 0 Å². The van der Waals surface area contributed by atoms with Gasteiger partial charge in [-0.3, -0.25) is 9.78 Å². The first-order chi connectivity index (χ1) is 17.1. The minimum Gasteiger partial charge on any atom is -0.332 e. The highest BCUT2D eigenvalue weighted by molar-refractivity contribution is 5.85. The third-order valence-electron chi connectivity index (χ3n) is 6.09. The van der Waals surface area contributed by atoms with Gasteiger partial charge in [-0.05, 0) is 66.5 Å². The van der Waals surface area contributed by atoms with Crippen LogP contribution in [0, 0.1) is 13.8 Å². The van der Waals surface area contributed by atoms with Crippen LogP contribution in [0.3, 0.4) is 0 Å². The minimum atomic E-state index is -2.93. The summed E-state index contributed by atoms with van der Waals surface area (Å²) in [6, 6.07) is 15.0. The molecule has 1 N–H and O–H groups in total. The van der Waals surface area contributed by atoms with Crippen LogP contribution in [-0.2, 0) is 13.0 Å². The lowest BCUT2D eigenvalue weighted by atomic mass is 9.99. The molecule has 0 bridgehead atoms. The number of anilines is 2. The van der Waals surface area contributed by atoms with Gasteiger partial charge in [-0.1, -0.05) is 18.2 Å². The SMILES string of the molecule is Cc1cc2c(cn1)cc(-c1cc(Nc3noc(-c4ccc(C(C)(F)F)cc4)n3)ccc1C)c(=O)n2C. The Hall–Kier alpha value is -4.40. The van der Waals surface area contributed by atoms with Gasteiger partial charge in [0.15, 0.2) is 0 Å². The van der Waals surface area contributed by atoms with E-state index in [4.69, 9.17) is 4.52 Å². The van der Waals surface area contributed by atoms with Gasteiger partial charge >= 0.3 is 0 Å². The van der Waals surface area contributed by atoms with Gasteiger partial charge < -0.3 is 14.4 Å². The van der Waals surface area contributed by atoms with E-state index in [-0.39, 0.29) is 23.0 Å². The maximum atomic E-state index is 13.5. The molecule has 3 aromatic heterocycles. The number of benzene rings is 2. The second-order valence-corrected chi connectivity index (χ2v) is 8.85. The van der Waals surface area contributed by atoms with E-state index in [2.05, 4.69) is 20.4 Å². The van der Waals surface area contributed by atoms with Gasteiger partial charge in [0, 0.05) is 53.6 Å². The molecule has 0 atom stereocenters. The quantitative estimate of drug-likeness (QED) is 0.321. The number of alkyl halides is 2. The number of nitrogens with one attached hydrogen (secondary N) is 1. The normalized spacial score (nSPS) is 11.7. The van der Waals surface area contributed by atoms with Crippen LogP contribution in [0.5, 0.6) is 0 Å². The van der Waals surface area contributed by atoms with Crippen LogP contribution < -0.4 is 10.9 Å². The van der Waals surface area contributed by atoms with Gasteiger partial charge in [-0.2, -0.15) is 4.98 Å². The first-order valence-corrected chi connectivity index (χ1v) is 11.3. The van der Waals surface area contributed by atoms with Crippen LogP contribution in [-0.4, -0.2) is 19.7 Å². The number of hydrogen-bond donors (Lipinski definition) is 1. The van der Waals surface area contributed by atoms with Crippen molar-refractivity contribution < 1.29 is 13.3 Å². The van der Waals surface area contributed by atoms with E-state index in [1.54, 1.807) is 17.8 Å². The minimum absolute atomic E-state index is 0.0953. The highest BCUT2D eigenvalue weighted by Crippen LogP contribution is 2.30. The second kappa shape index (κ2) is 8.67. The zero-order valence-corrected chi connectivity index (χ0v) is 20.1. The molecule has 0 radical (unpaired) electrons. The average Bonchev–Trinajstić information content (AvgIpc) is 3.31. The fourth-order valence-corrected chi connectivity index (χ4v) is 4.07. The molecule has 9 heteroatoms. The predicted molar refractivity (Wildman–Crippen MR) is 134 cm³/mol. The lowest BCUT2D eigenvalue weighted by molar-refractivity contribution is 0.0175. The topological polar surface area (TPSA) is 85.8 Å². The summed E-state index contributed by atoms with van der Waals surface area (Å²) in [5, 5.41) is 7.90. The van der Waals surface area contributed by atoms with Crippen molar-refractivity contribution >= 4 is 22.5 Å². The maximum absolute atomic E-state index is 13.5. The molecule has 2 aromatic carbocycles. The van der Waals surface area contributed by atoms with E-state index in [1.807, 2.05) is 44.2 Å². The van der Waals surface area contributed by atoms with Gasteiger partial charge in [0.2, 0.25) is 0 Å². The summed E-state index contributed by atoms with van der Waals surface area (Å²) >= 11 is 0. The van der Waals surface area contributed by atoms with Crippen LogP contribution in [0.2, 0.25) is 0 Å². The summed E-state index contributed by atoms with van der Waals surface area (Å²) in [5.74, 6) is -2.53. The highest BCUT2D eigenvalue weighted by atomic mass is 19.3. The molecule has 0 aliphatic heterocycles. The summed E-state index contributed by atoms with van der Waals surface area (Å²) in [5.41, 5.74) is 4.88. The smallest absolute Gasteiger partial charge is 0.270 e. The molecule has 0 amide bonds. The fraction of sp³-hybridized carbons (Fsp3) is 0.185. The van der Waals surface area contributed by atoms with Crippen LogP contribution in [0.15, 0.2) is 70.1 Å². The zero-order valence-electron chi connectivity index (χ0n) is 20.1. The van der Waals surface area contributed by atoms with Crippen LogP contribution >= 0.6 is 0 Å². The van der Waals surface area contributed by atoms with Gasteiger partial charge in [0.05, 0.1) is 5.52 Å². The average molecular weight is 488 g/mol. The van der Waals surface area contributed by atoms with Crippen LogP contribution in [0.1, 0.15) is 23.7 Å². The summed E-state index contributed by atoms with van der Waals surface area (Å²) < 4.78 is 33.9. The van der Waals surface area contributed by atoms with Crippen molar-refractivity contribution in [1.82, 2.24) is 19.7 Å². The monoisotopic (exact) mass is 487 g/mol. The van der Waals surface area contributed by atoms with Gasteiger partial charge in [-0.25, -0.2) is 8.78 Å². The lowest BCUT2D eigenvalue weighted by Crippen LogP contribution is -2.19. The van der Waals surface area contributed by atoms with E-state index in [0.29, 0.717) is 16.8 Å². The van der Waals surface area contributed by atoms with Crippen molar-refractivity contribution in [2.24, 2.45) is 7.05 Å². The Morgan fingerprint density at radius 1 is 1.00 bits per heavy atom. The number of aromatic nitrogens is 4. The molecule has 5 aromatic rings. The van der Waals surface area contributed by atoms with Gasteiger partial charge in [-0.15, -0.1) is 0 Å². The van der Waals surface area contributed by atoms with Crippen molar-refractivity contribution in [3.05, 3.63) is 88.0 Å². The number of hydrogen-bond acceptors (Lipinski definition) is 6. The maximum Gasteiger partial charge on any atom is 0.270 e. The van der Waals surface area contributed by atoms with Crippen molar-refractivity contribution in [2.75, 3.05) is 5.32 Å². The Morgan fingerprint density at radius 3 is 2.47 bits per heavy atom. The fourth-order valence-electron chi connectivity index (χ4n) is 4.07. The number of halogens is 2. The molecule has 0 fully saturated rings. The first kappa shape index (κ1) is 23.3. The number of pyridine rings is 2. The molecule has 3 heterocycles. The molecule has 0 saturated carbocycles. The molecular weight excluding hydrogens is 464 g/mol. The third kappa shape index (κ3) is 4.35. The summed E-state index contributed by atoms with van der Waals surface area (Å²) in [4.78, 5) is 21.9. The zero-order chi connectivity index (χ0) is 25.6. The summed E-state index contributed by atoms with van der Waals surface area (Å²) in [6.07, 6.45) is 1.76. The van der Waals surface area contributed by atoms with E-state index < -0.39 is 5.92 Å². The Balaban J connectivity index is 1.46. The lowest BCUT2D eigenvalue weighted by Gasteiger charge is -2.12. The van der Waals surface area contributed by atoms with Crippen molar-refractivity contribution in [2.45, 2.75) is 26.7 Å². The van der Waals surface area contributed by atoms with E-state index in [1.165, 1.54) is 24.3 Å². The van der Waals surface area contributed by atoms with Gasteiger partial charge in [0.1, 0.15) is 0 Å². The molecule has 182 valence electrons. The molecule has 5 rings (SSSR count). The third-order valence-corrected chi connectivity index (χ3v) is 6.09. The van der Waals surface area contributed by atoms with Crippen molar-refractivity contribution in [3.63, 3.8) is 0 Å². The van der Waals surface area contributed by atoms with Gasteiger partial charge in [0.25, 0.3) is 23.3 Å². The highest BCUT2D eigenvalue weighted by Gasteiger charge is 2.24. The Bertz CT molecular complexity index is 1650. The molecule has 7 nitrogen and oxygen atoms in total. The van der Waals surface area contributed by atoms with Crippen LogP contribution in [0.4, 0.5) is 20.4 Å². The largest absolute Gasteiger partial charge is 0.332 e. The first-order valence-electron chi connectivity index (χ1n) is 11.3. The molecule has 36 heavy (non-hydrogen) atoms. The number of rotatable bonds is 5. The Morgan fingerprint density at radius 2 is 1.75 bits per heavy atom.